The van der Waals surface area contributed by atoms with Crippen LogP contribution in [0.1, 0.15) is 71.9 Å². The van der Waals surface area contributed by atoms with E-state index in [2.05, 4.69) is 16.0 Å². The molecule has 0 fully saturated rings. The van der Waals surface area contributed by atoms with Crippen LogP contribution >= 0.6 is 0 Å². The number of unbranched alkanes of at least 4 members (excludes halogenated alkanes) is 1. The number of aliphatic hydroxyl groups excluding tert-OH is 1. The maximum Gasteiger partial charge on any atom is 0.408 e. The number of alkyl carbamates (subject to hydrolysis) is 1. The van der Waals surface area contributed by atoms with E-state index in [1.807, 2.05) is 13.8 Å². The second kappa shape index (κ2) is 15.1. The van der Waals surface area contributed by atoms with E-state index in [0.717, 1.165) is 6.42 Å². The summed E-state index contributed by atoms with van der Waals surface area (Å²) in [6.45, 7) is 8.68. The Labute approximate surface area is 207 Å². The minimum absolute atomic E-state index is 0.240. The molecule has 10 heteroatoms. The highest BCUT2D eigenvalue weighted by Gasteiger charge is 2.29. The van der Waals surface area contributed by atoms with Crippen molar-refractivity contribution in [2.24, 2.45) is 0 Å². The number of benzene rings is 1. The fourth-order valence-corrected chi connectivity index (χ4v) is 3.04. The molecule has 0 radical (unpaired) electrons. The first-order valence-electron chi connectivity index (χ1n) is 11.9. The van der Waals surface area contributed by atoms with Crippen molar-refractivity contribution in [1.82, 2.24) is 16.0 Å². The van der Waals surface area contributed by atoms with Gasteiger partial charge in [-0.25, -0.2) is 9.59 Å². The van der Waals surface area contributed by atoms with E-state index < -0.39 is 54.2 Å². The number of amides is 2. The molecule has 0 spiro atoms. The highest BCUT2D eigenvalue weighted by molar-refractivity contribution is 5.91. The van der Waals surface area contributed by atoms with Crippen LogP contribution in [0.4, 0.5) is 4.79 Å². The number of carbonyl (C=O) groups excluding carboxylic acids is 4. The van der Waals surface area contributed by atoms with Gasteiger partial charge >= 0.3 is 12.1 Å². The van der Waals surface area contributed by atoms with Gasteiger partial charge in [0, 0.05) is 0 Å². The average molecular weight is 494 g/mol. The predicted octanol–water partition coefficient (Wildman–Crippen LogP) is 2.36. The Balaban J connectivity index is 2.73. The van der Waals surface area contributed by atoms with Crippen LogP contribution in [-0.4, -0.2) is 59.9 Å². The number of ketones is 1. The van der Waals surface area contributed by atoms with Crippen molar-refractivity contribution in [1.29, 1.82) is 0 Å². The fourth-order valence-electron chi connectivity index (χ4n) is 3.04. The van der Waals surface area contributed by atoms with Gasteiger partial charge in [-0.1, -0.05) is 57.0 Å². The summed E-state index contributed by atoms with van der Waals surface area (Å²) in [5.41, 5.74) is -0.199. The van der Waals surface area contributed by atoms with Crippen LogP contribution in [0.5, 0.6) is 0 Å². The molecule has 4 N–H and O–H groups in total. The number of rotatable bonds is 14. The molecule has 1 aromatic rings. The predicted molar refractivity (Wildman–Crippen MR) is 130 cm³/mol. The van der Waals surface area contributed by atoms with Gasteiger partial charge in [0.25, 0.3) is 0 Å². The monoisotopic (exact) mass is 493 g/mol. The quantitative estimate of drug-likeness (QED) is 0.176. The van der Waals surface area contributed by atoms with Crippen molar-refractivity contribution in [3.8, 4) is 0 Å². The molecule has 0 aliphatic rings. The average Bonchev–Trinajstić information content (AvgIpc) is 2.79. The molecule has 10 nitrogen and oxygen atoms in total. The molecule has 0 saturated carbocycles. The largest absolute Gasteiger partial charge is 0.464 e. The SMILES string of the molecule is CCCCOC(=O)[C@@H](NC(=O)CN[C@@H](O)C(=O)C(CCC)NC(=O)OC(C)(C)C)c1ccccc1. The van der Waals surface area contributed by atoms with Gasteiger partial charge < -0.3 is 25.2 Å². The summed E-state index contributed by atoms with van der Waals surface area (Å²) in [7, 11) is 0. The molecule has 0 aliphatic carbocycles. The third-order valence-corrected chi connectivity index (χ3v) is 4.75. The lowest BCUT2D eigenvalue weighted by atomic mass is 10.1. The number of nitrogens with one attached hydrogen (secondary N) is 3. The van der Waals surface area contributed by atoms with Crippen LogP contribution in [0.25, 0.3) is 0 Å². The lowest BCUT2D eigenvalue weighted by Crippen LogP contribution is -2.52. The van der Waals surface area contributed by atoms with Gasteiger partial charge in [0.05, 0.1) is 19.2 Å². The van der Waals surface area contributed by atoms with Crippen molar-refractivity contribution in [3.05, 3.63) is 35.9 Å². The van der Waals surface area contributed by atoms with E-state index >= 15 is 0 Å². The Bertz CT molecular complexity index is 824. The second-order valence-corrected chi connectivity index (χ2v) is 9.11. The standard InChI is InChI=1S/C25H39N3O7/c1-6-8-15-34-23(32)20(17-13-10-9-11-14-17)28-19(29)16-26-22(31)21(30)18(12-7-2)27-24(33)35-25(3,4)5/h9-11,13-14,18,20,22,26,31H,6-8,12,15-16H2,1-5H3,(H,27,33)(H,28,29)/t18?,20-,22-/m0/s1. The Kier molecular flexibility index (Phi) is 13.0. The van der Waals surface area contributed by atoms with Crippen molar-refractivity contribution < 1.29 is 33.8 Å². The summed E-state index contributed by atoms with van der Waals surface area (Å²) in [5, 5.41) is 17.8. The normalized spacial score (nSPS) is 13.8. The lowest BCUT2D eigenvalue weighted by Gasteiger charge is -2.24. The van der Waals surface area contributed by atoms with Gasteiger partial charge in [-0.2, -0.15) is 0 Å². The van der Waals surface area contributed by atoms with E-state index in [0.29, 0.717) is 18.4 Å². The molecule has 1 aromatic carbocycles. The molecule has 0 heterocycles. The molecule has 35 heavy (non-hydrogen) atoms. The molecule has 3 atom stereocenters. The molecule has 1 rings (SSSR count). The maximum atomic E-state index is 12.7. The van der Waals surface area contributed by atoms with E-state index in [9.17, 15) is 24.3 Å². The van der Waals surface area contributed by atoms with Crippen LogP contribution in [-0.2, 0) is 23.9 Å². The highest BCUT2D eigenvalue weighted by atomic mass is 16.6. The minimum atomic E-state index is -1.71. The summed E-state index contributed by atoms with van der Waals surface area (Å²) in [6, 6.07) is 6.61. The Morgan fingerprint density at radius 1 is 1.00 bits per heavy atom. The molecular weight excluding hydrogens is 454 g/mol. The minimum Gasteiger partial charge on any atom is -0.464 e. The van der Waals surface area contributed by atoms with Crippen molar-refractivity contribution >= 4 is 23.8 Å². The number of aliphatic hydroxyl groups is 1. The van der Waals surface area contributed by atoms with E-state index in [-0.39, 0.29) is 13.0 Å². The summed E-state index contributed by atoms with van der Waals surface area (Å²) in [6.07, 6.45) is -0.0813. The van der Waals surface area contributed by atoms with Crippen molar-refractivity contribution in [2.45, 2.75) is 84.2 Å². The number of carbonyl (C=O) groups is 4. The smallest absolute Gasteiger partial charge is 0.408 e. The van der Waals surface area contributed by atoms with Gasteiger partial charge in [0.2, 0.25) is 5.91 Å². The third kappa shape index (κ3) is 11.8. The van der Waals surface area contributed by atoms with Crippen molar-refractivity contribution in [3.63, 3.8) is 0 Å². The molecular formula is C25H39N3O7. The molecule has 0 aliphatic heterocycles. The summed E-state index contributed by atoms with van der Waals surface area (Å²) in [5.74, 6) is -1.92. The molecule has 0 bridgehead atoms. The van der Waals surface area contributed by atoms with Crippen molar-refractivity contribution in [2.75, 3.05) is 13.2 Å². The number of Topliss-reactive ketones (excluding diaryl/α,β-unsaturated/α-hetero) is 1. The summed E-state index contributed by atoms with van der Waals surface area (Å²) < 4.78 is 10.4. The van der Waals surface area contributed by atoms with Crippen LogP contribution in [0.15, 0.2) is 30.3 Å². The van der Waals surface area contributed by atoms with Crippen LogP contribution in [0.2, 0.25) is 0 Å². The zero-order valence-electron chi connectivity index (χ0n) is 21.3. The number of ether oxygens (including phenoxy) is 2. The first-order valence-corrected chi connectivity index (χ1v) is 11.9. The van der Waals surface area contributed by atoms with Gasteiger partial charge in [-0.05, 0) is 39.2 Å². The third-order valence-electron chi connectivity index (χ3n) is 4.75. The Hall–Kier alpha value is -2.98. The van der Waals surface area contributed by atoms with Crippen LogP contribution in [0.3, 0.4) is 0 Å². The van der Waals surface area contributed by atoms with E-state index in [1.165, 1.54) is 0 Å². The van der Waals surface area contributed by atoms with E-state index in [4.69, 9.17) is 9.47 Å². The summed E-state index contributed by atoms with van der Waals surface area (Å²) in [4.78, 5) is 49.8. The van der Waals surface area contributed by atoms with Gasteiger partial charge in [0.1, 0.15) is 5.60 Å². The molecule has 196 valence electrons. The van der Waals surface area contributed by atoms with Crippen LogP contribution in [0, 0.1) is 0 Å². The fraction of sp³-hybridized carbons (Fsp3) is 0.600. The lowest BCUT2D eigenvalue weighted by molar-refractivity contribution is -0.148. The molecule has 0 aromatic heterocycles. The Morgan fingerprint density at radius 2 is 1.66 bits per heavy atom. The molecule has 2 amide bonds. The first kappa shape index (κ1) is 30.1. The zero-order chi connectivity index (χ0) is 26.4. The number of esters is 1. The van der Waals surface area contributed by atoms with E-state index in [1.54, 1.807) is 51.1 Å². The van der Waals surface area contributed by atoms with Gasteiger partial charge in [0.15, 0.2) is 18.1 Å². The highest BCUT2D eigenvalue weighted by Crippen LogP contribution is 2.15. The topological polar surface area (TPSA) is 143 Å². The molecule has 1 unspecified atom stereocenters. The van der Waals surface area contributed by atoms with Gasteiger partial charge in [-0.3, -0.25) is 14.9 Å². The first-order chi connectivity index (χ1) is 16.5. The summed E-state index contributed by atoms with van der Waals surface area (Å²) >= 11 is 0. The second-order valence-electron chi connectivity index (χ2n) is 9.11. The number of hydrogen-bond donors (Lipinski definition) is 4. The van der Waals surface area contributed by atoms with Gasteiger partial charge in [-0.15, -0.1) is 0 Å². The van der Waals surface area contributed by atoms with Crippen LogP contribution < -0.4 is 16.0 Å². The molecule has 0 saturated heterocycles. The number of hydrogen-bond acceptors (Lipinski definition) is 8. The maximum absolute atomic E-state index is 12.7. The Morgan fingerprint density at radius 3 is 2.23 bits per heavy atom. The zero-order valence-corrected chi connectivity index (χ0v) is 21.3.